The summed E-state index contributed by atoms with van der Waals surface area (Å²) in [7, 11) is -11.6. The first kappa shape index (κ1) is 22.2. The molecule has 1 heterocycles. The van der Waals surface area contributed by atoms with Crippen molar-refractivity contribution in [3.8, 4) is 0 Å². The van der Waals surface area contributed by atoms with Gasteiger partial charge in [-0.25, -0.2) is 9.97 Å². The Balaban J connectivity index is 2.43. The molecule has 0 aliphatic carbocycles. The Bertz CT molecular complexity index is 1040. The highest BCUT2D eigenvalue weighted by atomic mass is 31.2. The molecule has 0 saturated heterocycles. The van der Waals surface area contributed by atoms with E-state index in [1.54, 1.807) is 0 Å². The van der Waals surface area contributed by atoms with Crippen LogP contribution in [0, 0.1) is 0 Å². The summed E-state index contributed by atoms with van der Waals surface area (Å²) in [6, 6.07) is 10.8. The summed E-state index contributed by atoms with van der Waals surface area (Å²) < 4.78 is 111. The van der Waals surface area contributed by atoms with Crippen molar-refractivity contribution >= 4 is 35.8 Å². The van der Waals surface area contributed by atoms with Crippen LogP contribution in [0.15, 0.2) is 73.1 Å². The van der Waals surface area contributed by atoms with E-state index in [4.69, 9.17) is 0 Å². The van der Waals surface area contributed by atoms with Gasteiger partial charge >= 0.3 is 11.8 Å². The molecule has 4 nitrogen and oxygen atoms in total. The molecule has 2 unspecified atom stereocenters. The van der Waals surface area contributed by atoms with Crippen LogP contribution < -0.4 is 21.5 Å². The molecule has 0 amide bonds. The van der Waals surface area contributed by atoms with Gasteiger partial charge in [0.15, 0.2) is 0 Å². The third-order valence-corrected chi connectivity index (χ3v) is 9.71. The Morgan fingerprint density at radius 3 is 1.13 bits per heavy atom. The van der Waals surface area contributed by atoms with E-state index in [1.807, 2.05) is 0 Å². The molecule has 1 aromatic heterocycles. The molecule has 0 spiro atoms. The number of alkyl halides is 6. The monoisotopic (exact) mass is 464 g/mol. The van der Waals surface area contributed by atoms with Gasteiger partial charge in [0.2, 0.25) is 0 Å². The predicted octanol–water partition coefficient (Wildman–Crippen LogP) is 4.14. The molecule has 0 bridgehead atoms. The van der Waals surface area contributed by atoms with Gasteiger partial charge < -0.3 is 9.13 Å². The average molecular weight is 464 g/mol. The number of benzene rings is 2. The number of aromatic nitrogens is 2. The lowest BCUT2D eigenvalue weighted by Crippen LogP contribution is -2.43. The van der Waals surface area contributed by atoms with Crippen LogP contribution in [-0.4, -0.2) is 21.8 Å². The molecule has 30 heavy (non-hydrogen) atoms. The third kappa shape index (κ3) is 3.48. The molecular weight excluding hydrogens is 452 g/mol. The summed E-state index contributed by atoms with van der Waals surface area (Å²) in [6.45, 7) is 0. The Labute approximate surface area is 166 Å². The van der Waals surface area contributed by atoms with Gasteiger partial charge in [-0.3, -0.25) is 0 Å². The molecule has 2 atom stereocenters. The molecule has 0 saturated carbocycles. The molecule has 0 aliphatic rings. The molecular formula is C18H12F6N2O2P2. The normalized spacial score (nSPS) is 16.5. The van der Waals surface area contributed by atoms with E-state index < -0.39 is 47.6 Å². The second kappa shape index (κ2) is 7.67. The fourth-order valence-corrected chi connectivity index (χ4v) is 7.54. The lowest BCUT2D eigenvalue weighted by Gasteiger charge is -2.26. The number of rotatable bonds is 4. The van der Waals surface area contributed by atoms with Crippen LogP contribution >= 0.6 is 14.3 Å². The summed E-state index contributed by atoms with van der Waals surface area (Å²) in [5, 5.41) is -1.58. The van der Waals surface area contributed by atoms with E-state index in [2.05, 4.69) is 9.97 Å². The van der Waals surface area contributed by atoms with Crippen LogP contribution in [0.5, 0.6) is 0 Å². The zero-order chi connectivity index (χ0) is 22.2. The third-order valence-electron chi connectivity index (χ3n) is 4.21. The van der Waals surface area contributed by atoms with E-state index in [0.29, 0.717) is 12.4 Å². The zero-order valence-electron chi connectivity index (χ0n) is 14.8. The summed E-state index contributed by atoms with van der Waals surface area (Å²) in [5.41, 5.74) is -2.98. The maximum Gasteiger partial charge on any atom is 0.449 e. The highest BCUT2D eigenvalue weighted by molar-refractivity contribution is 7.85. The van der Waals surface area contributed by atoms with Crippen molar-refractivity contribution in [2.75, 3.05) is 0 Å². The molecule has 0 N–H and O–H groups in total. The molecule has 12 heteroatoms. The standard InChI is InChI=1S/C18H12F6N2O2P2/c19-17(20,21)29(27,13-7-3-1-4-8-13)15-16(26-12-11-25-15)30(28,18(22,23)24)14-9-5-2-6-10-14/h1-12H. The molecule has 3 aromatic rings. The number of hydrogen-bond acceptors (Lipinski definition) is 4. The zero-order valence-corrected chi connectivity index (χ0v) is 16.6. The van der Waals surface area contributed by atoms with Gasteiger partial charge in [-0.15, -0.1) is 0 Å². The van der Waals surface area contributed by atoms with Crippen LogP contribution in [0.25, 0.3) is 0 Å². The first-order chi connectivity index (χ1) is 13.9. The largest absolute Gasteiger partial charge is 0.449 e. The fourth-order valence-electron chi connectivity index (χ4n) is 2.82. The predicted molar refractivity (Wildman–Crippen MR) is 101 cm³/mol. The van der Waals surface area contributed by atoms with Crippen LogP contribution in [-0.2, 0) is 9.13 Å². The van der Waals surface area contributed by atoms with Crippen LogP contribution in [0.1, 0.15) is 0 Å². The second-order valence-corrected chi connectivity index (χ2v) is 11.4. The molecule has 0 radical (unpaired) electrons. The molecule has 3 rings (SSSR count). The van der Waals surface area contributed by atoms with Crippen molar-refractivity contribution in [2.45, 2.75) is 11.8 Å². The van der Waals surface area contributed by atoms with E-state index in [9.17, 15) is 35.5 Å². The minimum Gasteiger partial charge on any atom is -0.302 e. The number of nitrogens with zero attached hydrogens (tertiary/aromatic N) is 2. The van der Waals surface area contributed by atoms with Crippen molar-refractivity contribution in [3.63, 3.8) is 0 Å². The molecule has 2 aromatic carbocycles. The minimum atomic E-state index is -5.78. The first-order valence-electron chi connectivity index (χ1n) is 8.21. The summed E-state index contributed by atoms with van der Waals surface area (Å²) in [4.78, 5) is 6.76. The van der Waals surface area contributed by atoms with Crippen LogP contribution in [0.2, 0.25) is 0 Å². The van der Waals surface area contributed by atoms with Gasteiger partial charge in [0.25, 0.3) is 14.3 Å². The smallest absolute Gasteiger partial charge is 0.302 e. The van der Waals surface area contributed by atoms with E-state index in [-0.39, 0.29) is 0 Å². The summed E-state index contributed by atoms with van der Waals surface area (Å²) in [5.74, 6) is -11.0. The quantitative estimate of drug-likeness (QED) is 0.430. The summed E-state index contributed by atoms with van der Waals surface area (Å²) >= 11 is 0. The topological polar surface area (TPSA) is 59.9 Å². The maximum atomic E-state index is 14.0. The average Bonchev–Trinajstić information content (AvgIpc) is 2.72. The van der Waals surface area contributed by atoms with Crippen molar-refractivity contribution in [1.82, 2.24) is 9.97 Å². The fraction of sp³-hybridized carbons (Fsp3) is 0.111. The second-order valence-electron chi connectivity index (χ2n) is 6.03. The Hall–Kier alpha value is -2.44. The minimum absolute atomic E-state index is 0.686. The van der Waals surface area contributed by atoms with E-state index in [1.165, 1.54) is 12.1 Å². The Morgan fingerprint density at radius 1 is 0.567 bits per heavy atom. The van der Waals surface area contributed by atoms with Crippen molar-refractivity contribution in [2.24, 2.45) is 0 Å². The molecule has 0 aliphatic heterocycles. The van der Waals surface area contributed by atoms with Gasteiger partial charge in [0.1, 0.15) is 10.9 Å². The van der Waals surface area contributed by atoms with E-state index >= 15 is 0 Å². The Morgan fingerprint density at radius 2 is 0.867 bits per heavy atom. The van der Waals surface area contributed by atoms with Crippen molar-refractivity contribution < 1.29 is 35.5 Å². The highest BCUT2D eigenvalue weighted by Crippen LogP contribution is 2.63. The molecule has 0 fully saturated rings. The van der Waals surface area contributed by atoms with Gasteiger partial charge in [-0.05, 0) is 0 Å². The van der Waals surface area contributed by atoms with Crippen LogP contribution in [0.3, 0.4) is 0 Å². The van der Waals surface area contributed by atoms with Gasteiger partial charge in [-0.1, -0.05) is 60.7 Å². The number of halogens is 6. The lowest BCUT2D eigenvalue weighted by atomic mass is 10.4. The highest BCUT2D eigenvalue weighted by Gasteiger charge is 2.62. The lowest BCUT2D eigenvalue weighted by molar-refractivity contribution is -0.0450. The van der Waals surface area contributed by atoms with Crippen molar-refractivity contribution in [3.05, 3.63) is 73.1 Å². The van der Waals surface area contributed by atoms with Gasteiger partial charge in [0.05, 0.1) is 0 Å². The molecule has 158 valence electrons. The van der Waals surface area contributed by atoms with Gasteiger partial charge in [0, 0.05) is 23.0 Å². The number of hydrogen-bond donors (Lipinski definition) is 0. The van der Waals surface area contributed by atoms with Crippen LogP contribution in [0.4, 0.5) is 26.3 Å². The van der Waals surface area contributed by atoms with Crippen molar-refractivity contribution in [1.29, 1.82) is 0 Å². The maximum absolute atomic E-state index is 14.0. The first-order valence-corrected chi connectivity index (χ1v) is 11.6. The van der Waals surface area contributed by atoms with E-state index in [0.717, 1.165) is 48.5 Å². The Kier molecular flexibility index (Phi) is 5.69. The SMILES string of the molecule is O=P(c1ccccc1)(c1nccnc1P(=O)(c1ccccc1)C(F)(F)F)C(F)(F)F. The summed E-state index contributed by atoms with van der Waals surface area (Å²) in [6.07, 6.45) is 1.37. The van der Waals surface area contributed by atoms with Gasteiger partial charge in [-0.2, -0.15) is 26.3 Å².